The molecule has 272 valence electrons. The second-order valence-electron chi connectivity index (χ2n) is 11.2. The van der Waals surface area contributed by atoms with Crippen molar-refractivity contribution in [3.05, 3.63) is 30.9 Å². The van der Waals surface area contributed by atoms with Crippen LogP contribution in [0.4, 0.5) is 11.6 Å². The molecule has 3 unspecified atom stereocenters. The molecular weight excluding hydrogens is 727 g/mol. The largest absolute Gasteiger partial charge is 0.488 e. The second-order valence-corrected chi connectivity index (χ2v) is 15.8. The van der Waals surface area contributed by atoms with Gasteiger partial charge in [0.1, 0.15) is 6.10 Å². The highest BCUT2D eigenvalue weighted by Gasteiger charge is 2.53. The van der Waals surface area contributed by atoms with Crippen molar-refractivity contribution < 1.29 is 69.5 Å². The summed E-state index contributed by atoms with van der Waals surface area (Å²) < 4.78 is 62.8. The quantitative estimate of drug-likeness (QED) is 0.144. The number of imidazole rings is 1. The Bertz CT molecular complexity index is 1840. The lowest BCUT2D eigenvalue weighted by atomic mass is 10.1. The van der Waals surface area contributed by atoms with Gasteiger partial charge in [0.2, 0.25) is 11.4 Å². The van der Waals surface area contributed by atoms with Crippen LogP contribution in [0.3, 0.4) is 0 Å². The summed E-state index contributed by atoms with van der Waals surface area (Å²) >= 11 is 0. The number of nitrogens with one attached hydrogen (secondary N) is 1. The first-order valence-electron chi connectivity index (χ1n) is 14.9. The molecule has 0 aromatic carbocycles. The Labute approximate surface area is 286 Å². The maximum absolute atomic E-state index is 12.7. The van der Waals surface area contributed by atoms with Gasteiger partial charge in [0.25, 0.3) is 0 Å². The third-order valence-corrected chi connectivity index (χ3v) is 11.9. The van der Waals surface area contributed by atoms with Crippen LogP contribution in [0.2, 0.25) is 0 Å². The van der Waals surface area contributed by atoms with Crippen LogP contribution in [0.1, 0.15) is 40.8 Å². The van der Waals surface area contributed by atoms with Crippen molar-refractivity contribution in [2.24, 2.45) is 5.92 Å². The Balaban J connectivity index is 1.56. The van der Waals surface area contributed by atoms with Crippen molar-refractivity contribution in [2.45, 2.75) is 59.2 Å². The molecule has 5 rings (SSSR count). The zero-order valence-electron chi connectivity index (χ0n) is 27.5. The van der Waals surface area contributed by atoms with Crippen LogP contribution in [0.15, 0.2) is 30.9 Å². The van der Waals surface area contributed by atoms with Crippen molar-refractivity contribution in [3.8, 4) is 5.82 Å². The molecule has 2 saturated heterocycles. The molecule has 1 amide bonds. The minimum absolute atomic E-state index is 0.0767. The maximum atomic E-state index is 12.7. The van der Waals surface area contributed by atoms with Gasteiger partial charge in [0.05, 0.1) is 25.3 Å². The number of hydrogen-bond donors (Lipinski definition) is 3. The number of esters is 2. The van der Waals surface area contributed by atoms with E-state index >= 15 is 0 Å². The van der Waals surface area contributed by atoms with Gasteiger partial charge >= 0.3 is 48.0 Å². The van der Waals surface area contributed by atoms with Gasteiger partial charge in [-0.15, -0.1) is 0 Å². The van der Waals surface area contributed by atoms with E-state index < -0.39 is 73.3 Å². The highest BCUT2D eigenvalue weighted by atomic mass is 31.3. The van der Waals surface area contributed by atoms with Crippen LogP contribution in [0, 0.1) is 5.92 Å². The van der Waals surface area contributed by atoms with Crippen molar-refractivity contribution in [1.82, 2.24) is 19.5 Å². The van der Waals surface area contributed by atoms with Crippen LogP contribution in [-0.4, -0.2) is 85.7 Å². The molecule has 5 heterocycles. The number of pyridine rings is 1. The Morgan fingerprint density at radius 2 is 1.70 bits per heavy atom. The lowest BCUT2D eigenvalue weighted by Crippen LogP contribution is -2.40. The van der Waals surface area contributed by atoms with Crippen molar-refractivity contribution in [2.75, 3.05) is 30.4 Å². The standard InChI is InChI=1S/C26H34N7O14P3/c1-7-31(6)17-8-10-32(11-9-17)22-19-23(29-26(28-22)30-24(36)14(2)3)33(13-27-19)25-21(43-16(5)35)20(42-15(4)34)18(44-25)12-41-48-45-49(37,38)47-50(39,40)46-48/h8-11,13-14,18,20-21,25H,7,12H2,1-6H3,(H2-,28,29,30,36,37,38,39,40)/p+1/t18-,20?,21+,25-/m1/s1. The molecule has 3 aromatic rings. The molecule has 50 heavy (non-hydrogen) atoms. The van der Waals surface area contributed by atoms with E-state index in [1.54, 1.807) is 30.8 Å². The summed E-state index contributed by atoms with van der Waals surface area (Å²) in [5.74, 6) is -2.16. The summed E-state index contributed by atoms with van der Waals surface area (Å²) in [7, 11) is -11.1. The molecule has 3 N–H and O–H groups in total. The first kappa shape index (κ1) is 37.8. The van der Waals surface area contributed by atoms with Gasteiger partial charge in [0.15, 0.2) is 24.1 Å². The van der Waals surface area contributed by atoms with E-state index in [1.807, 2.05) is 31.0 Å². The van der Waals surface area contributed by atoms with Gasteiger partial charge < -0.3 is 33.4 Å². The van der Waals surface area contributed by atoms with E-state index in [0.717, 1.165) is 26.1 Å². The highest BCUT2D eigenvalue weighted by molar-refractivity contribution is 7.72. The number of hydrogen-bond acceptors (Lipinski definition) is 16. The number of anilines is 2. The number of phosphoric acid groups is 2. The molecule has 2 aliphatic heterocycles. The SMILES string of the molecule is CCN(C)c1cc[n+](-c2nc(NC(=O)C(C)C)nc3c2ncn3[C@@H]2O[C@H](COP3OP(=O)(O)OP(=O)(O)O3)C(OC(C)=O)[C@@H]2OC(C)=O)cc1. The minimum atomic E-state index is -5.03. The number of rotatable bonds is 11. The Hall–Kier alpha value is -3.48. The molecule has 0 radical (unpaired) electrons. The monoisotopic (exact) mass is 762 g/mol. The summed E-state index contributed by atoms with van der Waals surface area (Å²) in [5.41, 5.74) is 1.29. The van der Waals surface area contributed by atoms with E-state index in [-0.39, 0.29) is 28.8 Å². The fraction of sp³-hybridized carbons (Fsp3) is 0.500. The zero-order valence-corrected chi connectivity index (χ0v) is 30.2. The van der Waals surface area contributed by atoms with Gasteiger partial charge in [-0.2, -0.15) is 9.29 Å². The molecule has 0 spiro atoms. The summed E-state index contributed by atoms with van der Waals surface area (Å²) in [5, 5.41) is 2.69. The molecule has 0 saturated carbocycles. The Morgan fingerprint density at radius 3 is 2.28 bits per heavy atom. The fourth-order valence-electron chi connectivity index (χ4n) is 4.82. The number of carbonyl (C=O) groups excluding carboxylic acids is 3. The summed E-state index contributed by atoms with van der Waals surface area (Å²) in [6.07, 6.45) is -0.483. The highest BCUT2D eigenvalue weighted by Crippen LogP contribution is 2.76. The molecule has 0 bridgehead atoms. The van der Waals surface area contributed by atoms with Crippen LogP contribution in [-0.2, 0) is 55.2 Å². The van der Waals surface area contributed by atoms with E-state index in [2.05, 4.69) is 33.2 Å². The van der Waals surface area contributed by atoms with Gasteiger partial charge in [-0.3, -0.25) is 24.3 Å². The summed E-state index contributed by atoms with van der Waals surface area (Å²) in [6.45, 7) is 7.76. The average molecular weight is 763 g/mol. The van der Waals surface area contributed by atoms with E-state index in [9.17, 15) is 33.3 Å². The molecule has 21 nitrogen and oxygen atoms in total. The molecular formula is C26H35N7O14P3+. The molecule has 2 aliphatic rings. The van der Waals surface area contributed by atoms with Crippen LogP contribution in [0.25, 0.3) is 17.0 Å². The van der Waals surface area contributed by atoms with Crippen molar-refractivity contribution in [3.63, 3.8) is 0 Å². The first-order chi connectivity index (χ1) is 23.5. The first-order valence-corrected chi connectivity index (χ1v) is 19.0. The molecule has 6 atom stereocenters. The van der Waals surface area contributed by atoms with Gasteiger partial charge in [-0.1, -0.05) is 13.8 Å². The number of carbonyl (C=O) groups is 3. The number of nitrogens with zero attached hydrogens (tertiary/aromatic N) is 6. The number of ether oxygens (including phenoxy) is 3. The normalized spacial score (nSPS) is 28.1. The third kappa shape index (κ3) is 8.69. The molecule has 2 fully saturated rings. The Kier molecular flexibility index (Phi) is 11.3. The smallest absolute Gasteiger partial charge is 0.456 e. The van der Waals surface area contributed by atoms with E-state index in [1.165, 1.54) is 10.9 Å². The predicted molar refractivity (Wildman–Crippen MR) is 170 cm³/mol. The van der Waals surface area contributed by atoms with E-state index in [4.69, 9.17) is 18.7 Å². The summed E-state index contributed by atoms with van der Waals surface area (Å²) in [4.78, 5) is 72.1. The number of aromatic nitrogens is 5. The average Bonchev–Trinajstić information content (AvgIpc) is 3.58. The van der Waals surface area contributed by atoms with Crippen molar-refractivity contribution in [1.29, 1.82) is 0 Å². The fourth-order valence-corrected chi connectivity index (χ4v) is 9.02. The van der Waals surface area contributed by atoms with Crippen LogP contribution >= 0.6 is 24.2 Å². The number of fused-ring (bicyclic) bond motifs is 1. The van der Waals surface area contributed by atoms with Crippen LogP contribution < -0.4 is 14.8 Å². The second kappa shape index (κ2) is 15.0. The molecule has 24 heteroatoms. The lowest BCUT2D eigenvalue weighted by molar-refractivity contribution is -0.598. The van der Waals surface area contributed by atoms with Crippen LogP contribution in [0.5, 0.6) is 0 Å². The number of amides is 1. The lowest BCUT2D eigenvalue weighted by Gasteiger charge is -2.27. The Morgan fingerprint density at radius 1 is 1.08 bits per heavy atom. The predicted octanol–water partition coefficient (Wildman–Crippen LogP) is 2.42. The topological polar surface area (TPSA) is 253 Å². The molecule has 0 aliphatic carbocycles. The van der Waals surface area contributed by atoms with Crippen molar-refractivity contribution >= 4 is 64.9 Å². The zero-order chi connectivity index (χ0) is 36.5. The minimum Gasteiger partial charge on any atom is -0.456 e. The molecule has 3 aromatic heterocycles. The summed E-state index contributed by atoms with van der Waals surface area (Å²) in [6, 6.07) is 3.73. The van der Waals surface area contributed by atoms with Gasteiger partial charge in [0, 0.05) is 56.2 Å². The maximum Gasteiger partial charge on any atom is 0.488 e. The van der Waals surface area contributed by atoms with E-state index in [0.29, 0.717) is 0 Å². The third-order valence-electron chi connectivity index (χ3n) is 7.19. The van der Waals surface area contributed by atoms with Gasteiger partial charge in [-0.25, -0.2) is 27.3 Å². The van der Waals surface area contributed by atoms with Gasteiger partial charge in [-0.05, 0) is 6.92 Å².